The lowest BCUT2D eigenvalue weighted by atomic mass is 10.0. The van der Waals surface area contributed by atoms with Gasteiger partial charge in [-0.05, 0) is 43.5 Å². The maximum Gasteiger partial charge on any atom is 0.301 e. The van der Waals surface area contributed by atoms with E-state index in [1.54, 1.807) is 0 Å². The Morgan fingerprint density at radius 3 is 2.62 bits per heavy atom. The number of anilines is 1. The Labute approximate surface area is 127 Å². The summed E-state index contributed by atoms with van der Waals surface area (Å²) in [6, 6.07) is 6.28. The van der Waals surface area contributed by atoms with Gasteiger partial charge in [0, 0.05) is 19.1 Å². The maximum absolute atomic E-state index is 12.4. The molecule has 0 amide bonds. The molecule has 1 unspecified atom stereocenters. The molecule has 0 radical (unpaired) electrons. The summed E-state index contributed by atoms with van der Waals surface area (Å²) in [6.07, 6.45) is 0.766. The van der Waals surface area contributed by atoms with E-state index in [2.05, 4.69) is 23.0 Å². The van der Waals surface area contributed by atoms with Crippen molar-refractivity contribution in [2.75, 3.05) is 24.4 Å². The molecular weight excluding hydrogens is 286 g/mol. The largest absolute Gasteiger partial charge is 0.313 e. The zero-order valence-corrected chi connectivity index (χ0v) is 14.0. The van der Waals surface area contributed by atoms with E-state index in [1.807, 2.05) is 33.0 Å². The Bertz CT molecular complexity index is 599. The van der Waals surface area contributed by atoms with Crippen LogP contribution in [0.25, 0.3) is 0 Å². The predicted molar refractivity (Wildman–Crippen MR) is 86.7 cm³/mol. The zero-order valence-electron chi connectivity index (χ0n) is 13.2. The van der Waals surface area contributed by atoms with Gasteiger partial charge in [0.15, 0.2) is 0 Å². The molecule has 0 fully saturated rings. The van der Waals surface area contributed by atoms with Crippen LogP contribution < -0.4 is 14.3 Å². The first-order valence-corrected chi connectivity index (χ1v) is 8.86. The summed E-state index contributed by atoms with van der Waals surface area (Å²) >= 11 is 0. The Kier molecular flexibility index (Phi) is 4.91. The zero-order chi connectivity index (χ0) is 15.6. The number of hydrogen-bond donors (Lipinski definition) is 2. The van der Waals surface area contributed by atoms with Gasteiger partial charge in [0.1, 0.15) is 0 Å². The van der Waals surface area contributed by atoms with Crippen LogP contribution in [0.5, 0.6) is 0 Å². The van der Waals surface area contributed by atoms with Gasteiger partial charge in [-0.1, -0.05) is 26.0 Å². The van der Waals surface area contributed by atoms with Gasteiger partial charge in [-0.2, -0.15) is 13.1 Å². The fourth-order valence-electron chi connectivity index (χ4n) is 2.43. The number of nitrogens with one attached hydrogen (secondary N) is 2. The Morgan fingerprint density at radius 1 is 1.29 bits per heavy atom. The smallest absolute Gasteiger partial charge is 0.301 e. The number of fused-ring (bicyclic) bond motifs is 1. The minimum atomic E-state index is -3.44. The monoisotopic (exact) mass is 311 g/mol. The summed E-state index contributed by atoms with van der Waals surface area (Å²) in [6.45, 7) is 7.05. The highest BCUT2D eigenvalue weighted by Crippen LogP contribution is 2.32. The van der Waals surface area contributed by atoms with Gasteiger partial charge in [-0.3, -0.25) is 4.31 Å². The van der Waals surface area contributed by atoms with Crippen molar-refractivity contribution in [3.63, 3.8) is 0 Å². The first-order valence-electron chi connectivity index (χ1n) is 7.42. The molecule has 2 N–H and O–H groups in total. The number of benzene rings is 1. The molecule has 0 aliphatic carbocycles. The molecule has 0 spiro atoms. The summed E-state index contributed by atoms with van der Waals surface area (Å²) in [5.41, 5.74) is 3.09. The fraction of sp³-hybridized carbons (Fsp3) is 0.600. The molecule has 1 aliphatic heterocycles. The van der Waals surface area contributed by atoms with E-state index in [9.17, 15) is 8.42 Å². The van der Waals surface area contributed by atoms with Crippen molar-refractivity contribution in [1.29, 1.82) is 0 Å². The molecule has 118 valence electrons. The van der Waals surface area contributed by atoms with E-state index in [4.69, 9.17) is 0 Å². The van der Waals surface area contributed by atoms with Crippen LogP contribution in [0.2, 0.25) is 0 Å². The lowest BCUT2D eigenvalue weighted by molar-refractivity contribution is 0.557. The highest BCUT2D eigenvalue weighted by molar-refractivity contribution is 7.90. The van der Waals surface area contributed by atoms with Crippen LogP contribution in [0, 0.1) is 5.92 Å². The third kappa shape index (κ3) is 3.56. The molecule has 2 rings (SSSR count). The van der Waals surface area contributed by atoms with Gasteiger partial charge >= 0.3 is 10.2 Å². The van der Waals surface area contributed by atoms with Crippen molar-refractivity contribution in [1.82, 2.24) is 10.0 Å². The SMILES string of the molecule is CNC(C)c1ccc2c(c1)CCN2S(=O)(=O)NCC(C)C. The van der Waals surface area contributed by atoms with Crippen molar-refractivity contribution >= 4 is 15.9 Å². The molecule has 21 heavy (non-hydrogen) atoms. The first kappa shape index (κ1) is 16.3. The Balaban J connectivity index is 2.22. The average Bonchev–Trinajstić information content (AvgIpc) is 2.88. The molecule has 1 heterocycles. The van der Waals surface area contributed by atoms with Crippen LogP contribution >= 0.6 is 0 Å². The summed E-state index contributed by atoms with van der Waals surface area (Å²) in [5.74, 6) is 0.292. The third-order valence-corrected chi connectivity index (χ3v) is 5.34. The van der Waals surface area contributed by atoms with Crippen molar-refractivity contribution in [3.8, 4) is 0 Å². The second-order valence-corrected chi connectivity index (χ2v) is 7.65. The van der Waals surface area contributed by atoms with Crippen molar-refractivity contribution in [2.24, 2.45) is 5.92 Å². The van der Waals surface area contributed by atoms with Crippen LogP contribution in [-0.2, 0) is 16.6 Å². The van der Waals surface area contributed by atoms with E-state index in [0.717, 1.165) is 17.7 Å². The molecule has 0 aromatic heterocycles. The highest BCUT2D eigenvalue weighted by atomic mass is 32.2. The van der Waals surface area contributed by atoms with Gasteiger partial charge in [-0.25, -0.2) is 0 Å². The van der Waals surface area contributed by atoms with Gasteiger partial charge in [0.05, 0.1) is 5.69 Å². The standard InChI is InChI=1S/C15H25N3O2S/c1-11(2)10-17-21(19,20)18-8-7-14-9-13(12(3)16-4)5-6-15(14)18/h5-6,9,11-12,16-17H,7-8,10H2,1-4H3. The quantitative estimate of drug-likeness (QED) is 0.842. The first-order chi connectivity index (χ1) is 9.85. The molecule has 1 atom stereocenters. The van der Waals surface area contributed by atoms with Crippen molar-refractivity contribution in [3.05, 3.63) is 29.3 Å². The van der Waals surface area contributed by atoms with E-state index in [0.29, 0.717) is 19.0 Å². The van der Waals surface area contributed by atoms with Gasteiger partial charge in [0.25, 0.3) is 0 Å². The maximum atomic E-state index is 12.4. The fourth-order valence-corrected chi connectivity index (χ4v) is 3.90. The van der Waals surface area contributed by atoms with Crippen molar-refractivity contribution in [2.45, 2.75) is 33.2 Å². The van der Waals surface area contributed by atoms with E-state index in [-0.39, 0.29) is 6.04 Å². The second-order valence-electron chi connectivity index (χ2n) is 5.97. The average molecular weight is 311 g/mol. The molecule has 1 aromatic rings. The number of hydrogen-bond acceptors (Lipinski definition) is 3. The molecular formula is C15H25N3O2S. The summed E-state index contributed by atoms with van der Waals surface area (Å²) in [7, 11) is -1.52. The van der Waals surface area contributed by atoms with Gasteiger partial charge in [0.2, 0.25) is 0 Å². The van der Waals surface area contributed by atoms with Crippen molar-refractivity contribution < 1.29 is 8.42 Å². The predicted octanol–water partition coefficient (Wildman–Crippen LogP) is 1.82. The van der Waals surface area contributed by atoms with E-state index < -0.39 is 10.2 Å². The topological polar surface area (TPSA) is 61.4 Å². The lowest BCUT2D eigenvalue weighted by Crippen LogP contribution is -2.41. The van der Waals surface area contributed by atoms with Crippen LogP contribution in [0.4, 0.5) is 5.69 Å². The molecule has 0 saturated carbocycles. The lowest BCUT2D eigenvalue weighted by Gasteiger charge is -2.21. The molecule has 1 aliphatic rings. The molecule has 6 heteroatoms. The Morgan fingerprint density at radius 2 is 2.00 bits per heavy atom. The summed E-state index contributed by atoms with van der Waals surface area (Å²) < 4.78 is 28.9. The van der Waals surface area contributed by atoms with E-state index in [1.165, 1.54) is 9.87 Å². The highest BCUT2D eigenvalue weighted by Gasteiger charge is 2.29. The number of nitrogens with zero attached hydrogens (tertiary/aromatic N) is 1. The minimum Gasteiger partial charge on any atom is -0.313 e. The number of rotatable bonds is 6. The normalized spacial score (nSPS) is 16.3. The van der Waals surface area contributed by atoms with Crippen LogP contribution in [0.15, 0.2) is 18.2 Å². The van der Waals surface area contributed by atoms with Crippen LogP contribution in [-0.4, -0.2) is 28.6 Å². The second kappa shape index (κ2) is 6.34. The van der Waals surface area contributed by atoms with Crippen LogP contribution in [0.1, 0.15) is 37.9 Å². The third-order valence-electron chi connectivity index (χ3n) is 3.85. The van der Waals surface area contributed by atoms with Gasteiger partial charge in [-0.15, -0.1) is 0 Å². The Hall–Kier alpha value is -1.11. The van der Waals surface area contributed by atoms with Crippen LogP contribution in [0.3, 0.4) is 0 Å². The summed E-state index contributed by atoms with van der Waals surface area (Å²) in [5, 5.41) is 3.20. The molecule has 5 nitrogen and oxygen atoms in total. The van der Waals surface area contributed by atoms with E-state index >= 15 is 0 Å². The molecule has 1 aromatic carbocycles. The van der Waals surface area contributed by atoms with Gasteiger partial charge < -0.3 is 5.32 Å². The molecule has 0 bridgehead atoms. The molecule has 0 saturated heterocycles. The minimum absolute atomic E-state index is 0.264. The summed E-state index contributed by atoms with van der Waals surface area (Å²) in [4.78, 5) is 0.